The van der Waals surface area contributed by atoms with Crippen LogP contribution < -0.4 is 0 Å². The number of rotatable bonds is 13. The van der Waals surface area contributed by atoms with E-state index in [9.17, 15) is 0 Å². The first-order valence-corrected chi connectivity index (χ1v) is 18.1. The molecule has 1 heterocycles. The van der Waals surface area contributed by atoms with Crippen molar-refractivity contribution in [1.82, 2.24) is 9.97 Å². The number of hydrogen-bond donors (Lipinski definition) is 1. The summed E-state index contributed by atoms with van der Waals surface area (Å²) in [6.45, 7) is 16.2. The molecule has 0 spiro atoms. The molecule has 3 nitrogen and oxygen atoms in total. The Morgan fingerprint density at radius 3 is 1.91 bits per heavy atom. The largest absolute Gasteiger partial charge is 0.308 e. The third-order valence-corrected chi connectivity index (χ3v) is 9.85. The lowest BCUT2D eigenvalue weighted by molar-refractivity contribution is 0.821. The molecule has 1 aromatic heterocycles. The van der Waals surface area contributed by atoms with E-state index in [0.29, 0.717) is 12.2 Å². The quantitative estimate of drug-likeness (QED) is 0.0565. The Morgan fingerprint density at radius 1 is 0.574 bits per heavy atom. The van der Waals surface area contributed by atoms with Gasteiger partial charge in [0.15, 0.2) is 5.82 Å². The second-order valence-corrected chi connectivity index (χ2v) is 13.1. The smallest absolute Gasteiger partial charge is 0.160 e. The van der Waals surface area contributed by atoms with Gasteiger partial charge in [-0.25, -0.2) is 9.97 Å². The van der Waals surface area contributed by atoms with Crippen LogP contribution in [0.25, 0.3) is 78.6 Å². The van der Waals surface area contributed by atoms with Crippen molar-refractivity contribution in [3.05, 3.63) is 206 Å². The molecule has 0 aliphatic carbocycles. The maximum absolute atomic E-state index is 7.71. The average molecular weight is 696 g/mol. The third-order valence-electron chi connectivity index (χ3n) is 9.85. The summed E-state index contributed by atoms with van der Waals surface area (Å²) in [5.41, 5.74) is 11.1. The van der Waals surface area contributed by atoms with Crippen molar-refractivity contribution in [2.75, 3.05) is 0 Å². The van der Waals surface area contributed by atoms with E-state index in [1.165, 1.54) is 22.4 Å². The van der Waals surface area contributed by atoms with Crippen molar-refractivity contribution in [3.63, 3.8) is 0 Å². The summed E-state index contributed by atoms with van der Waals surface area (Å²) in [6, 6.07) is 44.6. The molecule has 54 heavy (non-hydrogen) atoms. The number of hydrogen-bond acceptors (Lipinski definition) is 3. The molecule has 3 heteroatoms. The van der Waals surface area contributed by atoms with Gasteiger partial charge in [0.25, 0.3) is 0 Å². The van der Waals surface area contributed by atoms with Crippen LogP contribution in [-0.2, 0) is 0 Å². The molecule has 0 aliphatic rings. The number of benzene rings is 6. The van der Waals surface area contributed by atoms with Gasteiger partial charge in [-0.05, 0) is 85.1 Å². The highest BCUT2D eigenvalue weighted by Crippen LogP contribution is 2.37. The first-order valence-electron chi connectivity index (χ1n) is 18.1. The van der Waals surface area contributed by atoms with E-state index in [0.717, 1.165) is 66.9 Å². The van der Waals surface area contributed by atoms with Crippen LogP contribution in [0.2, 0.25) is 0 Å². The molecule has 1 unspecified atom stereocenters. The molecule has 1 N–H and O–H groups in total. The molecule has 7 aromatic rings. The summed E-state index contributed by atoms with van der Waals surface area (Å²) >= 11 is 0. The Balaban J connectivity index is 1.30. The van der Waals surface area contributed by atoms with Crippen LogP contribution in [0.15, 0.2) is 190 Å². The number of nitrogens with one attached hydrogen (secondary N) is 1. The zero-order valence-electron chi connectivity index (χ0n) is 30.3. The predicted octanol–water partition coefficient (Wildman–Crippen LogP) is 13.7. The lowest BCUT2D eigenvalue weighted by Gasteiger charge is -2.15. The second-order valence-electron chi connectivity index (χ2n) is 13.1. The van der Waals surface area contributed by atoms with E-state index in [1.807, 2.05) is 36.4 Å². The molecule has 0 saturated heterocycles. The molecule has 0 bridgehead atoms. The maximum atomic E-state index is 7.71. The SMILES string of the molecule is C=C/C=C(C=N)/C=C/CC(C=C)c1cc(-c2cccc(-c3ccccc3)c2)nc(-c2ccc(-c3ccc4c(c3)c(C=C)c(C=C)c3ccccc34)cc2)n1. The summed E-state index contributed by atoms with van der Waals surface area (Å²) in [4.78, 5) is 10.3. The summed E-state index contributed by atoms with van der Waals surface area (Å²) in [5.74, 6) is 0.582. The van der Waals surface area contributed by atoms with Gasteiger partial charge in [-0.15, -0.1) is 6.58 Å². The van der Waals surface area contributed by atoms with E-state index in [1.54, 1.807) is 6.08 Å². The standard InChI is InChI=1S/C51H41N3/c1-5-16-35(34-52)17-14-20-36(6-2)49-33-50(42-22-15-21-40(31-42)37-18-10-9-11-19-37)54-51(53-49)39-27-25-38(26-28-39)41-29-30-47-46-24-13-12-23-45(46)43(7-3)44(8-4)48(47)32-41/h5-19,21-34,36,52H,1-4,20H2/b17-14+,35-16-,52-34?. The Hall–Kier alpha value is -6.97. The minimum Gasteiger partial charge on any atom is -0.308 e. The van der Waals surface area contributed by atoms with Crippen molar-refractivity contribution >= 4 is 39.9 Å². The zero-order valence-corrected chi connectivity index (χ0v) is 30.3. The van der Waals surface area contributed by atoms with Crippen LogP contribution in [-0.4, -0.2) is 16.2 Å². The van der Waals surface area contributed by atoms with Crippen molar-refractivity contribution in [2.45, 2.75) is 12.3 Å². The Labute approximate surface area is 317 Å². The first kappa shape index (κ1) is 35.4. The van der Waals surface area contributed by atoms with Gasteiger partial charge in [-0.2, -0.15) is 0 Å². The van der Waals surface area contributed by atoms with E-state index < -0.39 is 0 Å². The van der Waals surface area contributed by atoms with Crippen molar-refractivity contribution in [3.8, 4) is 44.9 Å². The third kappa shape index (κ3) is 7.21. The van der Waals surface area contributed by atoms with Crippen LogP contribution in [0.1, 0.15) is 29.2 Å². The highest BCUT2D eigenvalue weighted by atomic mass is 14.9. The molecule has 1 atom stereocenters. The summed E-state index contributed by atoms with van der Waals surface area (Å²) in [7, 11) is 0. The Bertz CT molecular complexity index is 2610. The number of fused-ring (bicyclic) bond motifs is 3. The van der Waals surface area contributed by atoms with E-state index in [-0.39, 0.29) is 5.92 Å². The van der Waals surface area contributed by atoms with Crippen molar-refractivity contribution in [1.29, 1.82) is 5.41 Å². The minimum absolute atomic E-state index is 0.0674. The van der Waals surface area contributed by atoms with Gasteiger partial charge >= 0.3 is 0 Å². The van der Waals surface area contributed by atoms with Crippen molar-refractivity contribution < 1.29 is 0 Å². The van der Waals surface area contributed by atoms with Gasteiger partial charge in [0, 0.05) is 23.3 Å². The van der Waals surface area contributed by atoms with Crippen LogP contribution >= 0.6 is 0 Å². The van der Waals surface area contributed by atoms with Gasteiger partial charge in [-0.1, -0.05) is 171 Å². The number of aromatic nitrogens is 2. The average Bonchev–Trinajstić information content (AvgIpc) is 3.24. The van der Waals surface area contributed by atoms with Crippen molar-refractivity contribution in [2.24, 2.45) is 0 Å². The summed E-state index contributed by atoms with van der Waals surface area (Å²) in [6.07, 6.45) is 15.3. The molecule has 0 fully saturated rings. The molecule has 260 valence electrons. The maximum Gasteiger partial charge on any atom is 0.160 e. The van der Waals surface area contributed by atoms with Gasteiger partial charge < -0.3 is 5.41 Å². The molecular weight excluding hydrogens is 655 g/mol. The van der Waals surface area contributed by atoms with E-state index in [2.05, 4.69) is 154 Å². The fourth-order valence-corrected chi connectivity index (χ4v) is 7.07. The lowest BCUT2D eigenvalue weighted by Crippen LogP contribution is -2.03. The Morgan fingerprint density at radius 2 is 1.19 bits per heavy atom. The normalized spacial score (nSPS) is 12.1. The minimum atomic E-state index is -0.0674. The topological polar surface area (TPSA) is 49.6 Å². The highest BCUT2D eigenvalue weighted by Gasteiger charge is 2.16. The molecule has 0 radical (unpaired) electrons. The highest BCUT2D eigenvalue weighted by molar-refractivity contribution is 6.15. The molecule has 0 saturated carbocycles. The van der Waals surface area contributed by atoms with Crippen LogP contribution in [0.3, 0.4) is 0 Å². The van der Waals surface area contributed by atoms with Gasteiger partial charge in [0.1, 0.15) is 0 Å². The zero-order chi connectivity index (χ0) is 37.4. The van der Waals surface area contributed by atoms with Gasteiger partial charge in [0.05, 0.1) is 11.4 Å². The van der Waals surface area contributed by atoms with Gasteiger partial charge in [0.2, 0.25) is 0 Å². The first-order chi connectivity index (χ1) is 26.5. The van der Waals surface area contributed by atoms with Crippen LogP contribution in [0, 0.1) is 5.41 Å². The summed E-state index contributed by atoms with van der Waals surface area (Å²) < 4.78 is 0. The molecular formula is C51H41N3. The predicted molar refractivity (Wildman–Crippen MR) is 233 cm³/mol. The van der Waals surface area contributed by atoms with E-state index >= 15 is 0 Å². The van der Waals surface area contributed by atoms with Gasteiger partial charge in [-0.3, -0.25) is 0 Å². The number of nitrogens with zero attached hydrogens (tertiary/aromatic N) is 2. The monoisotopic (exact) mass is 695 g/mol. The fraction of sp³-hybridized carbons (Fsp3) is 0.0392. The lowest BCUT2D eigenvalue weighted by atomic mass is 9.89. The second kappa shape index (κ2) is 16.1. The number of allylic oxidation sites excluding steroid dienone is 6. The van der Waals surface area contributed by atoms with Crippen LogP contribution in [0.4, 0.5) is 0 Å². The molecule has 6 aromatic carbocycles. The van der Waals surface area contributed by atoms with E-state index in [4.69, 9.17) is 15.4 Å². The molecule has 0 aliphatic heterocycles. The Kier molecular flexibility index (Phi) is 10.6. The summed E-state index contributed by atoms with van der Waals surface area (Å²) in [5, 5.41) is 12.4. The fourth-order valence-electron chi connectivity index (χ4n) is 7.07. The molecule has 0 amide bonds. The van der Waals surface area contributed by atoms with Crippen LogP contribution in [0.5, 0.6) is 0 Å². The molecule has 7 rings (SSSR count).